The predicted octanol–water partition coefficient (Wildman–Crippen LogP) is 5.50. The molecule has 4 nitrogen and oxygen atoms in total. The van der Waals surface area contributed by atoms with Crippen molar-refractivity contribution in [3.63, 3.8) is 0 Å². The number of furan rings is 1. The Morgan fingerprint density at radius 2 is 1.85 bits per heavy atom. The van der Waals surface area contributed by atoms with Crippen LogP contribution in [0.1, 0.15) is 16.9 Å². The molecule has 140 valence electrons. The number of ether oxygens (including phenoxy) is 1. The van der Waals surface area contributed by atoms with Crippen LogP contribution in [0.3, 0.4) is 0 Å². The quantitative estimate of drug-likeness (QED) is 0.522. The van der Waals surface area contributed by atoms with E-state index in [-0.39, 0.29) is 12.5 Å². The zero-order chi connectivity index (χ0) is 19.2. The first-order chi connectivity index (χ1) is 13.0. The van der Waals surface area contributed by atoms with E-state index in [2.05, 4.69) is 0 Å². The molecule has 2 aromatic carbocycles. The van der Waals surface area contributed by atoms with Crippen molar-refractivity contribution in [2.45, 2.75) is 20.0 Å². The lowest BCUT2D eigenvalue weighted by molar-refractivity contribution is -0.134. The van der Waals surface area contributed by atoms with Gasteiger partial charge >= 0.3 is 0 Å². The molecule has 1 heterocycles. The van der Waals surface area contributed by atoms with Crippen LogP contribution in [0.2, 0.25) is 10.0 Å². The van der Waals surface area contributed by atoms with E-state index in [0.717, 1.165) is 11.1 Å². The summed E-state index contributed by atoms with van der Waals surface area (Å²) in [7, 11) is 0. The molecule has 0 saturated carbocycles. The van der Waals surface area contributed by atoms with Crippen molar-refractivity contribution in [1.82, 2.24) is 4.90 Å². The minimum atomic E-state index is -0.152. The number of aryl methyl sites for hydroxylation is 1. The molecule has 0 bridgehead atoms. The van der Waals surface area contributed by atoms with Gasteiger partial charge in [0.2, 0.25) is 0 Å². The van der Waals surface area contributed by atoms with Crippen molar-refractivity contribution < 1.29 is 13.9 Å². The van der Waals surface area contributed by atoms with E-state index < -0.39 is 0 Å². The van der Waals surface area contributed by atoms with E-state index in [9.17, 15) is 4.79 Å². The zero-order valence-electron chi connectivity index (χ0n) is 14.8. The minimum absolute atomic E-state index is 0.0796. The van der Waals surface area contributed by atoms with E-state index in [1.807, 2.05) is 31.2 Å². The standard InChI is InChI=1S/C21H19Cl2NO3/c1-15-10-18(23)7-8-20(15)27-14-21(25)24(13-19-6-3-9-26-19)12-16-4-2-5-17(22)11-16/h2-11H,12-14H2,1H3. The van der Waals surface area contributed by atoms with E-state index in [4.69, 9.17) is 32.4 Å². The summed E-state index contributed by atoms with van der Waals surface area (Å²) in [6.07, 6.45) is 1.59. The second-order valence-corrected chi connectivity index (χ2v) is 7.03. The Morgan fingerprint density at radius 3 is 2.56 bits per heavy atom. The van der Waals surface area contributed by atoms with Gasteiger partial charge in [0.05, 0.1) is 12.8 Å². The predicted molar refractivity (Wildman–Crippen MR) is 106 cm³/mol. The van der Waals surface area contributed by atoms with Crippen LogP contribution in [0.15, 0.2) is 65.3 Å². The molecule has 0 N–H and O–H groups in total. The molecular formula is C21H19Cl2NO3. The van der Waals surface area contributed by atoms with Crippen LogP contribution >= 0.6 is 23.2 Å². The molecule has 3 aromatic rings. The molecule has 0 atom stereocenters. The summed E-state index contributed by atoms with van der Waals surface area (Å²) < 4.78 is 11.1. The van der Waals surface area contributed by atoms with E-state index in [1.54, 1.807) is 41.5 Å². The summed E-state index contributed by atoms with van der Waals surface area (Å²) in [6, 6.07) is 16.4. The van der Waals surface area contributed by atoms with Gasteiger partial charge in [-0.25, -0.2) is 0 Å². The molecule has 27 heavy (non-hydrogen) atoms. The van der Waals surface area contributed by atoms with Gasteiger partial charge < -0.3 is 14.1 Å². The maximum Gasteiger partial charge on any atom is 0.261 e. The number of carbonyl (C=O) groups is 1. The maximum absolute atomic E-state index is 12.8. The molecule has 0 aliphatic carbocycles. The van der Waals surface area contributed by atoms with Gasteiger partial charge in [-0.3, -0.25) is 4.79 Å². The van der Waals surface area contributed by atoms with E-state index in [1.165, 1.54) is 0 Å². The fourth-order valence-electron chi connectivity index (χ4n) is 2.68. The van der Waals surface area contributed by atoms with Crippen LogP contribution in [-0.4, -0.2) is 17.4 Å². The lowest BCUT2D eigenvalue weighted by Crippen LogP contribution is -2.34. The summed E-state index contributed by atoms with van der Waals surface area (Å²) in [4.78, 5) is 14.5. The van der Waals surface area contributed by atoms with Gasteiger partial charge in [-0.15, -0.1) is 0 Å². The topological polar surface area (TPSA) is 42.7 Å². The fourth-order valence-corrected chi connectivity index (χ4v) is 3.12. The monoisotopic (exact) mass is 403 g/mol. The number of halogens is 2. The highest BCUT2D eigenvalue weighted by Gasteiger charge is 2.17. The van der Waals surface area contributed by atoms with Crippen molar-refractivity contribution in [2.24, 2.45) is 0 Å². The molecule has 0 unspecified atom stereocenters. The lowest BCUT2D eigenvalue weighted by Gasteiger charge is -2.22. The molecule has 0 fully saturated rings. The average molecular weight is 404 g/mol. The fraction of sp³-hybridized carbons (Fsp3) is 0.190. The second-order valence-electron chi connectivity index (χ2n) is 6.16. The second kappa shape index (κ2) is 8.98. The SMILES string of the molecule is Cc1cc(Cl)ccc1OCC(=O)N(Cc1cccc(Cl)c1)Cc1ccco1. The Hall–Kier alpha value is -2.43. The van der Waals surface area contributed by atoms with Crippen molar-refractivity contribution >= 4 is 29.1 Å². The number of carbonyl (C=O) groups excluding carboxylic acids is 1. The van der Waals surface area contributed by atoms with Crippen molar-refractivity contribution in [2.75, 3.05) is 6.61 Å². The van der Waals surface area contributed by atoms with E-state index >= 15 is 0 Å². The highest BCUT2D eigenvalue weighted by molar-refractivity contribution is 6.30. The number of nitrogens with zero attached hydrogens (tertiary/aromatic N) is 1. The third-order valence-corrected chi connectivity index (χ3v) is 4.50. The molecule has 0 spiro atoms. The number of hydrogen-bond donors (Lipinski definition) is 0. The van der Waals surface area contributed by atoms with Crippen LogP contribution in [0.25, 0.3) is 0 Å². The number of hydrogen-bond acceptors (Lipinski definition) is 3. The molecule has 0 aliphatic heterocycles. The minimum Gasteiger partial charge on any atom is -0.483 e. The van der Waals surface area contributed by atoms with E-state index in [0.29, 0.717) is 34.6 Å². The maximum atomic E-state index is 12.8. The van der Waals surface area contributed by atoms with Gasteiger partial charge in [-0.05, 0) is 60.5 Å². The third-order valence-electron chi connectivity index (χ3n) is 4.03. The Balaban J connectivity index is 1.71. The highest BCUT2D eigenvalue weighted by atomic mass is 35.5. The van der Waals surface area contributed by atoms with Crippen LogP contribution in [0.5, 0.6) is 5.75 Å². The zero-order valence-corrected chi connectivity index (χ0v) is 16.3. The first-order valence-corrected chi connectivity index (χ1v) is 9.20. The van der Waals surface area contributed by atoms with Gasteiger partial charge in [-0.1, -0.05) is 35.3 Å². The van der Waals surface area contributed by atoms with Crippen molar-refractivity contribution in [3.05, 3.63) is 87.8 Å². The number of benzene rings is 2. The first kappa shape index (κ1) is 19.3. The van der Waals surface area contributed by atoms with Crippen LogP contribution < -0.4 is 4.74 Å². The molecule has 1 aromatic heterocycles. The lowest BCUT2D eigenvalue weighted by atomic mass is 10.2. The molecule has 0 saturated heterocycles. The normalized spacial score (nSPS) is 10.6. The Morgan fingerprint density at radius 1 is 1.04 bits per heavy atom. The molecule has 3 rings (SSSR count). The molecular weight excluding hydrogens is 385 g/mol. The number of rotatable bonds is 7. The van der Waals surface area contributed by atoms with Gasteiger partial charge in [0.1, 0.15) is 11.5 Å². The van der Waals surface area contributed by atoms with Crippen molar-refractivity contribution in [3.8, 4) is 5.75 Å². The van der Waals surface area contributed by atoms with Gasteiger partial charge in [-0.2, -0.15) is 0 Å². The summed E-state index contributed by atoms with van der Waals surface area (Å²) in [5, 5.41) is 1.26. The van der Waals surface area contributed by atoms with Crippen molar-refractivity contribution in [1.29, 1.82) is 0 Å². The summed E-state index contributed by atoms with van der Waals surface area (Å²) in [5.41, 5.74) is 1.81. The smallest absolute Gasteiger partial charge is 0.261 e. The third kappa shape index (κ3) is 5.52. The Kier molecular flexibility index (Phi) is 6.43. The van der Waals surface area contributed by atoms with Gasteiger partial charge in [0, 0.05) is 16.6 Å². The largest absolute Gasteiger partial charge is 0.483 e. The van der Waals surface area contributed by atoms with Crippen LogP contribution in [0, 0.1) is 6.92 Å². The Labute approximate surface area is 168 Å². The average Bonchev–Trinajstić information content (AvgIpc) is 3.13. The molecule has 0 radical (unpaired) electrons. The first-order valence-electron chi connectivity index (χ1n) is 8.45. The number of amides is 1. The van der Waals surface area contributed by atoms with Crippen LogP contribution in [0.4, 0.5) is 0 Å². The summed E-state index contributed by atoms with van der Waals surface area (Å²) >= 11 is 12.0. The summed E-state index contributed by atoms with van der Waals surface area (Å²) in [6.45, 7) is 2.56. The Bertz CT molecular complexity index is 910. The summed E-state index contributed by atoms with van der Waals surface area (Å²) in [5.74, 6) is 1.18. The molecule has 1 amide bonds. The van der Waals surface area contributed by atoms with Gasteiger partial charge in [0.25, 0.3) is 5.91 Å². The van der Waals surface area contributed by atoms with Gasteiger partial charge in [0.15, 0.2) is 6.61 Å². The molecule has 6 heteroatoms. The van der Waals surface area contributed by atoms with Crippen LogP contribution in [-0.2, 0) is 17.9 Å². The highest BCUT2D eigenvalue weighted by Crippen LogP contribution is 2.22. The molecule has 0 aliphatic rings.